The molecule has 4 heterocycles. The van der Waals surface area contributed by atoms with Crippen LogP contribution in [0.4, 0.5) is 0 Å². The molecule has 1 aliphatic rings. The third-order valence-corrected chi connectivity index (χ3v) is 7.14. The molecule has 0 N–H and O–H groups in total. The zero-order chi connectivity index (χ0) is 21.3. The standard InChI is InChI=1S/C19H25N7O3S/c1-14-10-15(2)26(23-14)17-11-18(22-13-21-17)29-12-16-4-7-25(8-5-16)30(27,28)19-20-6-9-24(19)3/h6,9-11,13,16H,4-5,7-8,12H2,1-3H3. The third kappa shape index (κ3) is 4.08. The SMILES string of the molecule is Cc1cc(C)n(-c2cc(OCC3CCN(S(=O)(=O)c4nccn4C)CC3)ncn2)n1. The molecule has 0 radical (unpaired) electrons. The first-order valence-electron chi connectivity index (χ1n) is 9.80. The van der Waals surface area contributed by atoms with Crippen molar-refractivity contribution in [3.8, 4) is 11.7 Å². The van der Waals surface area contributed by atoms with Gasteiger partial charge < -0.3 is 9.30 Å². The Bertz CT molecular complexity index is 1130. The van der Waals surface area contributed by atoms with Crippen LogP contribution in [0.5, 0.6) is 5.88 Å². The van der Waals surface area contributed by atoms with Crippen molar-refractivity contribution in [2.24, 2.45) is 13.0 Å². The molecule has 3 aromatic heterocycles. The molecule has 0 spiro atoms. The van der Waals surface area contributed by atoms with E-state index in [0.29, 0.717) is 31.4 Å². The Kier molecular flexibility index (Phi) is 5.56. The lowest BCUT2D eigenvalue weighted by molar-refractivity contribution is 0.180. The van der Waals surface area contributed by atoms with Crippen molar-refractivity contribution in [2.45, 2.75) is 31.8 Å². The van der Waals surface area contributed by atoms with Crippen LogP contribution in [0, 0.1) is 19.8 Å². The lowest BCUT2D eigenvalue weighted by Crippen LogP contribution is -2.40. The third-order valence-electron chi connectivity index (χ3n) is 5.24. The van der Waals surface area contributed by atoms with E-state index in [4.69, 9.17) is 4.74 Å². The van der Waals surface area contributed by atoms with E-state index < -0.39 is 10.0 Å². The first kappa shape index (κ1) is 20.5. The smallest absolute Gasteiger partial charge is 0.276 e. The van der Waals surface area contributed by atoms with Crippen LogP contribution in [0.2, 0.25) is 0 Å². The molecular weight excluding hydrogens is 406 g/mol. The lowest BCUT2D eigenvalue weighted by Gasteiger charge is -2.30. The molecule has 1 fully saturated rings. The number of hydrogen-bond acceptors (Lipinski definition) is 7. The highest BCUT2D eigenvalue weighted by Gasteiger charge is 2.32. The fraction of sp³-hybridized carbons (Fsp3) is 0.474. The summed E-state index contributed by atoms with van der Waals surface area (Å²) in [4.78, 5) is 12.5. The summed E-state index contributed by atoms with van der Waals surface area (Å²) in [5.74, 6) is 1.39. The Hall–Kier alpha value is -2.79. The Morgan fingerprint density at radius 2 is 1.90 bits per heavy atom. The van der Waals surface area contributed by atoms with Gasteiger partial charge in [0.25, 0.3) is 10.0 Å². The number of aryl methyl sites for hydroxylation is 3. The summed E-state index contributed by atoms with van der Waals surface area (Å²) in [5, 5.41) is 4.51. The summed E-state index contributed by atoms with van der Waals surface area (Å²) >= 11 is 0. The number of imidazole rings is 1. The number of hydrogen-bond donors (Lipinski definition) is 0. The first-order valence-corrected chi connectivity index (χ1v) is 11.2. The minimum atomic E-state index is -3.56. The molecule has 1 saturated heterocycles. The van der Waals surface area contributed by atoms with Crippen molar-refractivity contribution in [1.82, 2.24) is 33.6 Å². The van der Waals surface area contributed by atoms with E-state index in [2.05, 4.69) is 20.1 Å². The monoisotopic (exact) mass is 431 g/mol. The quantitative estimate of drug-likeness (QED) is 0.582. The maximum Gasteiger partial charge on any atom is 0.276 e. The second kappa shape index (κ2) is 8.15. The summed E-state index contributed by atoms with van der Waals surface area (Å²) in [6.07, 6.45) is 6.03. The van der Waals surface area contributed by atoms with Gasteiger partial charge in [0.2, 0.25) is 11.0 Å². The Balaban J connectivity index is 1.35. The van der Waals surface area contributed by atoms with E-state index in [1.54, 1.807) is 24.0 Å². The summed E-state index contributed by atoms with van der Waals surface area (Å²) < 4.78 is 36.2. The molecule has 0 unspecified atom stereocenters. The number of ether oxygens (including phenoxy) is 1. The Morgan fingerprint density at radius 3 is 2.53 bits per heavy atom. The van der Waals surface area contributed by atoms with E-state index in [1.165, 1.54) is 21.4 Å². The van der Waals surface area contributed by atoms with E-state index in [-0.39, 0.29) is 11.1 Å². The predicted molar refractivity (Wildman–Crippen MR) is 109 cm³/mol. The zero-order valence-corrected chi connectivity index (χ0v) is 18.1. The van der Waals surface area contributed by atoms with Crippen molar-refractivity contribution in [3.63, 3.8) is 0 Å². The molecular formula is C19H25N7O3S. The van der Waals surface area contributed by atoms with E-state index >= 15 is 0 Å². The van der Waals surface area contributed by atoms with Gasteiger partial charge in [0.15, 0.2) is 5.82 Å². The topological polar surface area (TPSA) is 108 Å². The zero-order valence-electron chi connectivity index (χ0n) is 17.3. The van der Waals surface area contributed by atoms with Crippen LogP contribution in [0.25, 0.3) is 5.82 Å². The molecule has 0 atom stereocenters. The van der Waals surface area contributed by atoms with Crippen molar-refractivity contribution in [1.29, 1.82) is 0 Å². The van der Waals surface area contributed by atoms with Crippen molar-refractivity contribution in [2.75, 3.05) is 19.7 Å². The average Bonchev–Trinajstić information content (AvgIpc) is 3.32. The van der Waals surface area contributed by atoms with E-state index in [0.717, 1.165) is 24.2 Å². The van der Waals surface area contributed by atoms with Crippen molar-refractivity contribution in [3.05, 3.63) is 42.2 Å². The van der Waals surface area contributed by atoms with Crippen LogP contribution in [0.3, 0.4) is 0 Å². The normalized spacial score (nSPS) is 16.1. The number of rotatable bonds is 6. The molecule has 11 heteroatoms. The van der Waals surface area contributed by atoms with Gasteiger partial charge in [0.05, 0.1) is 12.3 Å². The van der Waals surface area contributed by atoms with Crippen LogP contribution in [0.15, 0.2) is 36.0 Å². The Morgan fingerprint density at radius 1 is 1.13 bits per heavy atom. The molecule has 0 saturated carbocycles. The van der Waals surface area contributed by atoms with E-state index in [9.17, 15) is 8.42 Å². The van der Waals surface area contributed by atoms with Gasteiger partial charge in [0, 0.05) is 44.3 Å². The van der Waals surface area contributed by atoms with Crippen LogP contribution in [-0.2, 0) is 17.1 Å². The number of sulfonamides is 1. The number of piperidine rings is 1. The molecule has 0 aromatic carbocycles. The van der Waals surface area contributed by atoms with Gasteiger partial charge in [-0.05, 0) is 38.7 Å². The molecule has 1 aliphatic heterocycles. The molecule has 4 rings (SSSR count). The average molecular weight is 432 g/mol. The van der Waals surface area contributed by atoms with Gasteiger partial charge in [-0.15, -0.1) is 0 Å². The van der Waals surface area contributed by atoms with Crippen LogP contribution in [-0.4, -0.2) is 61.7 Å². The van der Waals surface area contributed by atoms with Crippen molar-refractivity contribution >= 4 is 10.0 Å². The van der Waals surface area contributed by atoms with Gasteiger partial charge in [0.1, 0.15) is 6.33 Å². The second-order valence-corrected chi connectivity index (χ2v) is 9.36. The lowest BCUT2D eigenvalue weighted by atomic mass is 9.99. The van der Waals surface area contributed by atoms with Gasteiger partial charge >= 0.3 is 0 Å². The van der Waals surface area contributed by atoms with Crippen molar-refractivity contribution < 1.29 is 13.2 Å². The summed E-state index contributed by atoms with van der Waals surface area (Å²) in [7, 11) is -1.88. The van der Waals surface area contributed by atoms with Gasteiger partial charge in [-0.1, -0.05) is 0 Å². The molecule has 10 nitrogen and oxygen atoms in total. The minimum Gasteiger partial charge on any atom is -0.477 e. The summed E-state index contributed by atoms with van der Waals surface area (Å²) in [6, 6.07) is 3.75. The highest BCUT2D eigenvalue weighted by atomic mass is 32.2. The fourth-order valence-electron chi connectivity index (χ4n) is 3.62. The maximum absolute atomic E-state index is 12.7. The summed E-state index contributed by atoms with van der Waals surface area (Å²) in [5.41, 5.74) is 1.90. The number of nitrogens with zero attached hydrogens (tertiary/aromatic N) is 7. The van der Waals surface area contributed by atoms with Crippen LogP contribution < -0.4 is 4.74 Å². The molecule has 160 valence electrons. The van der Waals surface area contributed by atoms with E-state index in [1.807, 2.05) is 19.9 Å². The van der Waals surface area contributed by atoms with Gasteiger partial charge in [-0.3, -0.25) is 0 Å². The maximum atomic E-state index is 12.7. The molecule has 3 aromatic rings. The fourth-order valence-corrected chi connectivity index (χ4v) is 5.16. The molecule has 0 amide bonds. The molecule has 30 heavy (non-hydrogen) atoms. The highest BCUT2D eigenvalue weighted by Crippen LogP contribution is 2.24. The summed E-state index contributed by atoms with van der Waals surface area (Å²) in [6.45, 7) is 5.27. The minimum absolute atomic E-state index is 0.0786. The first-order chi connectivity index (χ1) is 14.3. The molecule has 0 bridgehead atoms. The molecule has 0 aliphatic carbocycles. The van der Waals surface area contributed by atoms with Crippen LogP contribution in [0.1, 0.15) is 24.2 Å². The Labute approximate surface area is 175 Å². The van der Waals surface area contributed by atoms with Crippen LogP contribution >= 0.6 is 0 Å². The predicted octanol–water partition coefficient (Wildman–Crippen LogP) is 1.49. The number of aromatic nitrogens is 6. The largest absolute Gasteiger partial charge is 0.477 e. The highest BCUT2D eigenvalue weighted by molar-refractivity contribution is 7.89. The van der Waals surface area contributed by atoms with Gasteiger partial charge in [-0.2, -0.15) is 9.40 Å². The van der Waals surface area contributed by atoms with Gasteiger partial charge in [-0.25, -0.2) is 28.1 Å². The second-order valence-electron chi connectivity index (χ2n) is 7.53.